The maximum Gasteiger partial charge on any atom is 0.407 e. The number of piperazine rings is 1. The predicted octanol–water partition coefficient (Wildman–Crippen LogP) is 3.80. The molecule has 0 radical (unpaired) electrons. The predicted molar refractivity (Wildman–Crippen MR) is 126 cm³/mol. The first kappa shape index (κ1) is 22.5. The van der Waals surface area contributed by atoms with Crippen LogP contribution in [0.25, 0.3) is 11.0 Å². The van der Waals surface area contributed by atoms with E-state index in [-0.39, 0.29) is 18.2 Å². The minimum absolute atomic E-state index is 0.0124. The van der Waals surface area contributed by atoms with E-state index in [0.29, 0.717) is 13.2 Å². The van der Waals surface area contributed by atoms with Crippen LogP contribution in [0.3, 0.4) is 0 Å². The number of hydrogen-bond donors (Lipinski definition) is 1. The molecule has 0 spiro atoms. The van der Waals surface area contributed by atoms with Gasteiger partial charge in [-0.2, -0.15) is 0 Å². The number of carbonyl (C=O) groups excluding carboxylic acids is 1. The molecule has 3 aliphatic rings. The highest BCUT2D eigenvalue weighted by molar-refractivity contribution is 5.87. The number of furan rings is 1. The number of rotatable bonds is 6. The lowest BCUT2D eigenvalue weighted by molar-refractivity contribution is 0.000273. The zero-order valence-electron chi connectivity index (χ0n) is 19.4. The van der Waals surface area contributed by atoms with Gasteiger partial charge in [-0.25, -0.2) is 9.78 Å². The number of nitrogens with zero attached hydrogens (tertiary/aromatic N) is 3. The van der Waals surface area contributed by atoms with Gasteiger partial charge in [0.05, 0.1) is 19.5 Å². The molecule has 33 heavy (non-hydrogen) atoms. The van der Waals surface area contributed by atoms with E-state index in [4.69, 9.17) is 13.9 Å². The van der Waals surface area contributed by atoms with Crippen molar-refractivity contribution in [3.63, 3.8) is 0 Å². The van der Waals surface area contributed by atoms with Gasteiger partial charge in [0.2, 0.25) is 0 Å². The van der Waals surface area contributed by atoms with Crippen LogP contribution in [-0.4, -0.2) is 74.1 Å². The second kappa shape index (κ2) is 10.7. The van der Waals surface area contributed by atoms with Crippen molar-refractivity contribution in [2.75, 3.05) is 50.8 Å². The van der Waals surface area contributed by atoms with Crippen molar-refractivity contribution in [2.24, 2.45) is 5.92 Å². The van der Waals surface area contributed by atoms with Gasteiger partial charge in [-0.1, -0.05) is 0 Å². The van der Waals surface area contributed by atoms with Crippen LogP contribution >= 0.6 is 0 Å². The lowest BCUT2D eigenvalue weighted by atomic mass is 9.84. The van der Waals surface area contributed by atoms with E-state index in [1.165, 1.54) is 19.3 Å². The first-order valence-electron chi connectivity index (χ1n) is 12.6. The lowest BCUT2D eigenvalue weighted by Crippen LogP contribution is -2.47. The monoisotopic (exact) mass is 456 g/mol. The Bertz CT molecular complexity index is 897. The summed E-state index contributed by atoms with van der Waals surface area (Å²) in [7, 11) is 0. The number of pyridine rings is 1. The molecule has 0 bridgehead atoms. The van der Waals surface area contributed by atoms with E-state index >= 15 is 0 Å². The van der Waals surface area contributed by atoms with E-state index in [0.717, 1.165) is 81.1 Å². The summed E-state index contributed by atoms with van der Waals surface area (Å²) in [6, 6.07) is 4.25. The van der Waals surface area contributed by atoms with Crippen LogP contribution in [-0.2, 0) is 9.47 Å². The number of fused-ring (bicyclic) bond motifs is 1. The third-order valence-corrected chi connectivity index (χ3v) is 7.49. The van der Waals surface area contributed by atoms with E-state index in [1.54, 1.807) is 6.26 Å². The Hall–Kier alpha value is -2.32. The Balaban J connectivity index is 0.989. The fourth-order valence-corrected chi connectivity index (χ4v) is 5.39. The van der Waals surface area contributed by atoms with Crippen molar-refractivity contribution in [2.45, 2.75) is 57.1 Å². The summed E-state index contributed by atoms with van der Waals surface area (Å²) < 4.78 is 16.5. The van der Waals surface area contributed by atoms with Crippen molar-refractivity contribution in [3.05, 3.63) is 24.6 Å². The zero-order chi connectivity index (χ0) is 22.5. The largest absolute Gasteiger partial charge is 0.460 e. The van der Waals surface area contributed by atoms with E-state index < -0.39 is 0 Å². The van der Waals surface area contributed by atoms with Gasteiger partial charge in [0.15, 0.2) is 11.4 Å². The average Bonchev–Trinajstić information content (AvgIpc) is 3.34. The lowest BCUT2D eigenvalue weighted by Gasteiger charge is -2.36. The molecule has 5 rings (SSSR count). The summed E-state index contributed by atoms with van der Waals surface area (Å²) in [5.41, 5.74) is 0.896. The van der Waals surface area contributed by atoms with Crippen LogP contribution < -0.4 is 10.2 Å². The highest BCUT2D eigenvalue weighted by atomic mass is 16.6. The fourth-order valence-electron chi connectivity index (χ4n) is 5.39. The molecule has 0 unspecified atom stereocenters. The van der Waals surface area contributed by atoms with Crippen LogP contribution in [0.1, 0.15) is 44.9 Å². The molecule has 0 atom stereocenters. The fraction of sp³-hybridized carbons (Fsp3) is 0.680. The van der Waals surface area contributed by atoms with Gasteiger partial charge >= 0.3 is 6.09 Å². The molecule has 1 amide bonds. The molecule has 3 fully saturated rings. The first-order chi connectivity index (χ1) is 16.2. The number of anilines is 1. The molecule has 4 heterocycles. The van der Waals surface area contributed by atoms with Crippen LogP contribution in [0.5, 0.6) is 0 Å². The Kier molecular flexibility index (Phi) is 7.31. The minimum Gasteiger partial charge on any atom is -0.460 e. The first-order valence-corrected chi connectivity index (χ1v) is 12.6. The summed E-state index contributed by atoms with van der Waals surface area (Å²) in [4.78, 5) is 21.7. The number of amides is 1. The zero-order valence-corrected chi connectivity index (χ0v) is 19.4. The molecular weight excluding hydrogens is 420 g/mol. The number of alkyl carbamates (subject to hydrolysis) is 1. The summed E-state index contributed by atoms with van der Waals surface area (Å²) in [5, 5.41) is 4.21. The van der Waals surface area contributed by atoms with Gasteiger partial charge in [-0.3, -0.25) is 4.90 Å². The Morgan fingerprint density at radius 2 is 1.85 bits per heavy atom. The average molecular weight is 457 g/mol. The van der Waals surface area contributed by atoms with Crippen molar-refractivity contribution in [1.82, 2.24) is 15.2 Å². The third kappa shape index (κ3) is 5.79. The van der Waals surface area contributed by atoms with Crippen molar-refractivity contribution in [1.29, 1.82) is 0 Å². The number of hydrogen-bond acceptors (Lipinski definition) is 7. The molecule has 2 aliphatic heterocycles. The molecule has 2 aromatic rings. The maximum atomic E-state index is 12.2. The van der Waals surface area contributed by atoms with Gasteiger partial charge in [-0.15, -0.1) is 0 Å². The second-order valence-electron chi connectivity index (χ2n) is 9.67. The minimum atomic E-state index is -0.247. The van der Waals surface area contributed by atoms with E-state index in [1.807, 2.05) is 18.3 Å². The molecule has 1 N–H and O–H groups in total. The van der Waals surface area contributed by atoms with Crippen molar-refractivity contribution in [3.8, 4) is 0 Å². The summed E-state index contributed by atoms with van der Waals surface area (Å²) in [6.45, 7) is 6.63. The number of nitrogens with one attached hydrogen (secondary N) is 1. The molecule has 2 aromatic heterocycles. The number of carbonyl (C=O) groups is 1. The van der Waals surface area contributed by atoms with Crippen LogP contribution in [0, 0.1) is 5.92 Å². The summed E-state index contributed by atoms with van der Waals surface area (Å²) in [5.74, 6) is 1.73. The normalized spacial score (nSPS) is 25.3. The topological polar surface area (TPSA) is 80.1 Å². The molecule has 8 heteroatoms. The smallest absolute Gasteiger partial charge is 0.407 e. The Morgan fingerprint density at radius 3 is 2.64 bits per heavy atom. The molecule has 1 aliphatic carbocycles. The second-order valence-corrected chi connectivity index (χ2v) is 9.67. The van der Waals surface area contributed by atoms with Crippen molar-refractivity contribution < 1.29 is 18.7 Å². The van der Waals surface area contributed by atoms with Crippen LogP contribution in [0.2, 0.25) is 0 Å². The Labute approximate surface area is 195 Å². The molecule has 2 saturated heterocycles. The van der Waals surface area contributed by atoms with Gasteiger partial charge in [0.25, 0.3) is 0 Å². The van der Waals surface area contributed by atoms with Crippen LogP contribution in [0.15, 0.2) is 29.0 Å². The van der Waals surface area contributed by atoms with Crippen molar-refractivity contribution >= 4 is 22.9 Å². The molecule has 8 nitrogen and oxygen atoms in total. The highest BCUT2D eigenvalue weighted by Gasteiger charge is 2.26. The third-order valence-electron chi connectivity index (χ3n) is 7.49. The maximum absolute atomic E-state index is 12.2. The van der Waals surface area contributed by atoms with E-state index in [9.17, 15) is 4.79 Å². The standard InChI is InChI=1S/C25H36N4O4/c30-25(33-22-8-16-31-17-9-22)27-21-3-1-19(2-4-21)6-11-28-12-14-29(15-13-28)24-23-20(5-10-26-24)7-18-32-23/h5,7,10,18-19,21-22H,1-4,6,8-9,11-17H2,(H,27,30)/t19-,21-. The number of aromatic nitrogens is 1. The van der Waals surface area contributed by atoms with Crippen LogP contribution in [0.4, 0.5) is 10.6 Å². The van der Waals surface area contributed by atoms with Gasteiger partial charge < -0.3 is 24.1 Å². The van der Waals surface area contributed by atoms with Gasteiger partial charge in [-0.05, 0) is 56.7 Å². The highest BCUT2D eigenvalue weighted by Crippen LogP contribution is 2.29. The molecule has 0 aromatic carbocycles. The SMILES string of the molecule is O=C(N[C@H]1CC[C@H](CCN2CCN(c3nccc4ccoc34)CC2)CC1)OC1CCOCC1. The van der Waals surface area contributed by atoms with E-state index in [2.05, 4.69) is 20.1 Å². The quantitative estimate of drug-likeness (QED) is 0.708. The van der Waals surface area contributed by atoms with Gasteiger partial charge in [0.1, 0.15) is 6.10 Å². The Morgan fingerprint density at radius 1 is 1.06 bits per heavy atom. The number of ether oxygens (including phenoxy) is 2. The molecule has 180 valence electrons. The molecular formula is C25H36N4O4. The molecule has 1 saturated carbocycles. The van der Waals surface area contributed by atoms with Gasteiger partial charge in [0, 0.05) is 56.6 Å². The summed E-state index contributed by atoms with van der Waals surface area (Å²) >= 11 is 0. The summed E-state index contributed by atoms with van der Waals surface area (Å²) in [6.07, 6.45) is 10.7.